The van der Waals surface area contributed by atoms with Crippen molar-refractivity contribution in [3.8, 4) is 0 Å². The van der Waals surface area contributed by atoms with E-state index >= 15 is 0 Å². The van der Waals surface area contributed by atoms with Crippen molar-refractivity contribution >= 4 is 11.3 Å². The highest BCUT2D eigenvalue weighted by atomic mass is 32.1. The number of pyridine rings is 1. The average Bonchev–Trinajstić information content (AvgIpc) is 2.81. The highest BCUT2D eigenvalue weighted by molar-refractivity contribution is 7.09. The van der Waals surface area contributed by atoms with Crippen LogP contribution in [0.3, 0.4) is 0 Å². The van der Waals surface area contributed by atoms with Gasteiger partial charge in [0, 0.05) is 24.8 Å². The van der Waals surface area contributed by atoms with Gasteiger partial charge in [-0.3, -0.25) is 4.79 Å². The van der Waals surface area contributed by atoms with E-state index in [0.717, 1.165) is 16.8 Å². The normalized spacial score (nSPS) is 12.6. The second kappa shape index (κ2) is 5.41. The first kappa shape index (κ1) is 12.9. The molecule has 4 nitrogen and oxygen atoms in total. The van der Waals surface area contributed by atoms with Gasteiger partial charge in [-0.25, -0.2) is 9.37 Å². The summed E-state index contributed by atoms with van der Waals surface area (Å²) in [6.07, 6.45) is 1.11. The summed E-state index contributed by atoms with van der Waals surface area (Å²) in [6.45, 7) is 2.17. The lowest BCUT2D eigenvalue weighted by Crippen LogP contribution is -2.19. The van der Waals surface area contributed by atoms with Crippen LogP contribution in [0.1, 0.15) is 23.7 Å². The Labute approximate surface area is 108 Å². The predicted octanol–water partition coefficient (Wildman–Crippen LogP) is 2.20. The Balaban J connectivity index is 2.21. The van der Waals surface area contributed by atoms with E-state index in [9.17, 15) is 9.18 Å². The van der Waals surface area contributed by atoms with E-state index in [4.69, 9.17) is 4.74 Å². The highest BCUT2D eigenvalue weighted by Crippen LogP contribution is 2.20. The summed E-state index contributed by atoms with van der Waals surface area (Å²) < 4.78 is 19.5. The van der Waals surface area contributed by atoms with E-state index in [0.29, 0.717) is 0 Å². The third-order valence-electron chi connectivity index (χ3n) is 2.55. The minimum absolute atomic E-state index is 0.0759. The van der Waals surface area contributed by atoms with Crippen LogP contribution in [-0.2, 0) is 11.3 Å². The maximum absolute atomic E-state index is 13.0. The maximum atomic E-state index is 13.0. The fraction of sp³-hybridized carbons (Fsp3) is 0.333. The molecule has 2 heterocycles. The Kier molecular flexibility index (Phi) is 3.88. The van der Waals surface area contributed by atoms with Crippen LogP contribution in [0.5, 0.6) is 0 Å². The first-order valence-corrected chi connectivity index (χ1v) is 6.31. The van der Waals surface area contributed by atoms with E-state index in [2.05, 4.69) is 4.98 Å². The first-order valence-electron chi connectivity index (χ1n) is 5.43. The van der Waals surface area contributed by atoms with Gasteiger partial charge < -0.3 is 9.30 Å². The fourth-order valence-electron chi connectivity index (χ4n) is 1.48. The van der Waals surface area contributed by atoms with E-state index in [1.165, 1.54) is 28.2 Å². The summed E-state index contributed by atoms with van der Waals surface area (Å²) in [5, 5.41) is 2.69. The molecule has 6 heteroatoms. The molecule has 0 saturated heterocycles. The Morgan fingerprint density at radius 1 is 1.56 bits per heavy atom. The molecular formula is C12H13FN2O2S. The highest BCUT2D eigenvalue weighted by Gasteiger charge is 2.10. The van der Waals surface area contributed by atoms with Gasteiger partial charge in [-0.1, -0.05) is 0 Å². The topological polar surface area (TPSA) is 44.1 Å². The van der Waals surface area contributed by atoms with Gasteiger partial charge in [-0.05, 0) is 13.0 Å². The van der Waals surface area contributed by atoms with Crippen molar-refractivity contribution in [2.75, 3.05) is 7.11 Å². The second-order valence-electron chi connectivity index (χ2n) is 3.87. The van der Waals surface area contributed by atoms with E-state index in [-0.39, 0.29) is 18.2 Å². The van der Waals surface area contributed by atoms with Gasteiger partial charge in [-0.15, -0.1) is 11.3 Å². The standard InChI is InChI=1S/C12H13FN2O2S/c1-8(17-2)12-14-10(7-18-12)6-15-5-9(13)3-4-11(15)16/h3-5,7-8H,6H2,1-2H3/t8-/m1/s1. The predicted molar refractivity (Wildman–Crippen MR) is 67.3 cm³/mol. The van der Waals surface area contributed by atoms with Gasteiger partial charge in [0.25, 0.3) is 5.56 Å². The van der Waals surface area contributed by atoms with E-state index in [1.807, 2.05) is 12.3 Å². The number of halogens is 1. The van der Waals surface area contributed by atoms with Crippen LogP contribution in [0.4, 0.5) is 4.39 Å². The summed E-state index contributed by atoms with van der Waals surface area (Å²) in [5.74, 6) is -0.435. The molecule has 2 aromatic heterocycles. The lowest BCUT2D eigenvalue weighted by molar-refractivity contribution is 0.119. The summed E-state index contributed by atoms with van der Waals surface area (Å²) in [6, 6.07) is 2.36. The van der Waals surface area contributed by atoms with Crippen molar-refractivity contribution in [1.82, 2.24) is 9.55 Å². The second-order valence-corrected chi connectivity index (χ2v) is 4.76. The maximum Gasteiger partial charge on any atom is 0.251 e. The molecule has 0 aliphatic heterocycles. The van der Waals surface area contributed by atoms with Crippen LogP contribution >= 0.6 is 11.3 Å². The fourth-order valence-corrected chi connectivity index (χ4v) is 2.32. The number of methoxy groups -OCH3 is 1. The smallest absolute Gasteiger partial charge is 0.251 e. The third kappa shape index (κ3) is 2.83. The number of aromatic nitrogens is 2. The molecule has 0 radical (unpaired) electrons. The molecule has 18 heavy (non-hydrogen) atoms. The molecule has 0 aliphatic rings. The van der Waals surface area contributed by atoms with Gasteiger partial charge in [-0.2, -0.15) is 0 Å². The Bertz CT molecular complexity index is 594. The molecule has 0 unspecified atom stereocenters. The quantitative estimate of drug-likeness (QED) is 0.854. The first-order chi connectivity index (χ1) is 8.60. The zero-order valence-corrected chi connectivity index (χ0v) is 10.9. The van der Waals surface area contributed by atoms with Crippen molar-refractivity contribution in [1.29, 1.82) is 0 Å². The number of hydrogen-bond acceptors (Lipinski definition) is 4. The molecular weight excluding hydrogens is 255 g/mol. The van der Waals surface area contributed by atoms with Crippen molar-refractivity contribution in [3.05, 3.63) is 50.6 Å². The minimum atomic E-state index is -0.435. The van der Waals surface area contributed by atoms with Crippen LogP contribution in [0, 0.1) is 5.82 Å². The molecule has 0 aliphatic carbocycles. The van der Waals surface area contributed by atoms with Crippen molar-refractivity contribution in [2.45, 2.75) is 19.6 Å². The summed E-state index contributed by atoms with van der Waals surface area (Å²) >= 11 is 1.47. The number of nitrogens with zero attached hydrogens (tertiary/aromatic N) is 2. The lowest BCUT2D eigenvalue weighted by atomic mass is 10.4. The molecule has 1 atom stereocenters. The van der Waals surface area contributed by atoms with Crippen LogP contribution in [0.2, 0.25) is 0 Å². The summed E-state index contributed by atoms with van der Waals surface area (Å²) in [5.41, 5.74) is 0.484. The third-order valence-corrected chi connectivity index (χ3v) is 3.61. The van der Waals surface area contributed by atoms with Crippen LogP contribution in [-0.4, -0.2) is 16.7 Å². The van der Waals surface area contributed by atoms with Gasteiger partial charge >= 0.3 is 0 Å². The van der Waals surface area contributed by atoms with Crippen LogP contribution < -0.4 is 5.56 Å². The molecule has 0 spiro atoms. The monoisotopic (exact) mass is 268 g/mol. The summed E-state index contributed by atoms with van der Waals surface area (Å²) in [4.78, 5) is 15.9. The van der Waals surface area contributed by atoms with Gasteiger partial charge in [0.05, 0.1) is 12.2 Å². The molecule has 0 fully saturated rings. The molecule has 2 aromatic rings. The van der Waals surface area contributed by atoms with E-state index < -0.39 is 5.82 Å². The Morgan fingerprint density at radius 3 is 3.06 bits per heavy atom. The number of thiazole rings is 1. The number of rotatable bonds is 4. The zero-order valence-electron chi connectivity index (χ0n) is 10.1. The molecule has 0 amide bonds. The molecule has 0 saturated carbocycles. The molecule has 2 rings (SSSR count). The average molecular weight is 268 g/mol. The number of ether oxygens (including phenoxy) is 1. The Morgan fingerprint density at radius 2 is 2.33 bits per heavy atom. The molecule has 0 aromatic carbocycles. The zero-order chi connectivity index (χ0) is 13.1. The van der Waals surface area contributed by atoms with Crippen LogP contribution in [0.15, 0.2) is 28.5 Å². The van der Waals surface area contributed by atoms with Gasteiger partial charge in [0.1, 0.15) is 16.9 Å². The molecule has 0 bridgehead atoms. The van der Waals surface area contributed by atoms with Crippen molar-refractivity contribution in [2.24, 2.45) is 0 Å². The minimum Gasteiger partial charge on any atom is -0.375 e. The largest absolute Gasteiger partial charge is 0.375 e. The molecule has 96 valence electrons. The van der Waals surface area contributed by atoms with Gasteiger partial charge in [0.15, 0.2) is 0 Å². The van der Waals surface area contributed by atoms with Gasteiger partial charge in [0.2, 0.25) is 0 Å². The summed E-state index contributed by atoms with van der Waals surface area (Å²) in [7, 11) is 1.61. The van der Waals surface area contributed by atoms with Crippen molar-refractivity contribution in [3.63, 3.8) is 0 Å². The van der Waals surface area contributed by atoms with Crippen LogP contribution in [0.25, 0.3) is 0 Å². The SMILES string of the molecule is CO[C@H](C)c1nc(Cn2cc(F)ccc2=O)cs1. The Hall–Kier alpha value is -1.53. The lowest BCUT2D eigenvalue weighted by Gasteiger charge is -2.04. The molecule has 0 N–H and O–H groups in total. The number of hydrogen-bond donors (Lipinski definition) is 0. The van der Waals surface area contributed by atoms with E-state index in [1.54, 1.807) is 7.11 Å². The van der Waals surface area contributed by atoms with Crippen molar-refractivity contribution < 1.29 is 9.13 Å².